The van der Waals surface area contributed by atoms with E-state index >= 15 is 0 Å². The summed E-state index contributed by atoms with van der Waals surface area (Å²) in [5.41, 5.74) is 4.67. The van der Waals surface area contributed by atoms with Crippen LogP contribution in [-0.2, 0) is 12.8 Å². The van der Waals surface area contributed by atoms with Gasteiger partial charge in [-0.3, -0.25) is 9.97 Å². The normalized spacial score (nSPS) is 12.6. The van der Waals surface area contributed by atoms with Gasteiger partial charge in [0.15, 0.2) is 0 Å². The molecule has 0 fully saturated rings. The summed E-state index contributed by atoms with van der Waals surface area (Å²) in [5, 5.41) is 0. The summed E-state index contributed by atoms with van der Waals surface area (Å²) >= 11 is 0. The van der Waals surface area contributed by atoms with Crippen LogP contribution in [0.3, 0.4) is 0 Å². The minimum Gasteiger partial charge on any atom is -0.254 e. The third kappa shape index (κ3) is 3.92. The molecule has 0 amide bonds. The number of rotatable bonds is 0. The standard InChI is InChI=1S/C10H14N2.2C2H6/c1-7-8(2)12-10-6-4-3-5-9(10)11-7;2*1-2/h3-6H2,1-2H3;2*1-2H3. The zero-order valence-corrected chi connectivity index (χ0v) is 11.7. The van der Waals surface area contributed by atoms with Crippen LogP contribution < -0.4 is 0 Å². The molecule has 0 aromatic carbocycles. The predicted molar refractivity (Wildman–Crippen MR) is 70.8 cm³/mol. The fourth-order valence-electron chi connectivity index (χ4n) is 1.68. The Kier molecular flexibility index (Phi) is 7.78. The van der Waals surface area contributed by atoms with E-state index in [4.69, 9.17) is 0 Å². The second-order valence-electron chi connectivity index (χ2n) is 3.49. The summed E-state index contributed by atoms with van der Waals surface area (Å²) in [4.78, 5) is 9.10. The van der Waals surface area contributed by atoms with Gasteiger partial charge < -0.3 is 0 Å². The van der Waals surface area contributed by atoms with Gasteiger partial charge in [-0.1, -0.05) is 27.7 Å². The molecule has 1 aliphatic carbocycles. The topological polar surface area (TPSA) is 25.8 Å². The first kappa shape index (κ1) is 15.1. The number of fused-ring (bicyclic) bond motifs is 1. The van der Waals surface area contributed by atoms with Gasteiger partial charge in [-0.2, -0.15) is 0 Å². The highest BCUT2D eigenvalue weighted by Gasteiger charge is 2.12. The maximum absolute atomic E-state index is 4.55. The smallest absolute Gasteiger partial charge is 0.0622 e. The maximum atomic E-state index is 4.55. The lowest BCUT2D eigenvalue weighted by molar-refractivity contribution is 0.642. The summed E-state index contributed by atoms with van der Waals surface area (Å²) in [5.74, 6) is 0. The van der Waals surface area contributed by atoms with E-state index in [0.29, 0.717) is 0 Å². The molecule has 0 N–H and O–H groups in total. The summed E-state index contributed by atoms with van der Waals surface area (Å²) in [6.07, 6.45) is 4.82. The van der Waals surface area contributed by atoms with Gasteiger partial charge in [0.05, 0.1) is 22.8 Å². The Hall–Kier alpha value is -0.920. The predicted octanol–water partition coefficient (Wildman–Crippen LogP) is 4.02. The third-order valence-corrected chi connectivity index (χ3v) is 2.54. The lowest BCUT2D eigenvalue weighted by Gasteiger charge is -2.14. The quantitative estimate of drug-likeness (QED) is 0.662. The van der Waals surface area contributed by atoms with Crippen molar-refractivity contribution in [3.8, 4) is 0 Å². The molecular weight excluding hydrogens is 196 g/mol. The van der Waals surface area contributed by atoms with E-state index in [1.165, 1.54) is 24.2 Å². The molecule has 0 unspecified atom stereocenters. The molecule has 0 spiro atoms. The Morgan fingerprint density at radius 2 is 1.00 bits per heavy atom. The molecule has 2 rings (SSSR count). The van der Waals surface area contributed by atoms with Crippen molar-refractivity contribution in [2.75, 3.05) is 0 Å². The highest BCUT2D eigenvalue weighted by molar-refractivity contribution is 5.20. The second kappa shape index (κ2) is 8.26. The summed E-state index contributed by atoms with van der Waals surface area (Å²) in [6, 6.07) is 0. The van der Waals surface area contributed by atoms with Crippen molar-refractivity contribution in [1.29, 1.82) is 0 Å². The number of aromatic nitrogens is 2. The minimum atomic E-state index is 1.09. The van der Waals surface area contributed by atoms with Gasteiger partial charge in [0, 0.05) is 0 Å². The Morgan fingerprint density at radius 3 is 1.31 bits per heavy atom. The Labute approximate surface area is 101 Å². The van der Waals surface area contributed by atoms with Gasteiger partial charge in [-0.05, 0) is 39.5 Å². The van der Waals surface area contributed by atoms with Crippen LogP contribution in [0.1, 0.15) is 63.3 Å². The van der Waals surface area contributed by atoms with Crippen LogP contribution in [0.4, 0.5) is 0 Å². The van der Waals surface area contributed by atoms with Gasteiger partial charge >= 0.3 is 0 Å². The van der Waals surface area contributed by atoms with Crippen LogP contribution in [0.25, 0.3) is 0 Å². The molecule has 1 aliphatic rings. The molecular formula is C14H26N2. The van der Waals surface area contributed by atoms with Gasteiger partial charge in [0.1, 0.15) is 0 Å². The van der Waals surface area contributed by atoms with Crippen molar-refractivity contribution in [3.63, 3.8) is 0 Å². The van der Waals surface area contributed by atoms with Crippen molar-refractivity contribution in [2.45, 2.75) is 67.2 Å². The zero-order chi connectivity index (χ0) is 12.6. The fourth-order valence-corrected chi connectivity index (χ4v) is 1.68. The van der Waals surface area contributed by atoms with E-state index in [-0.39, 0.29) is 0 Å². The van der Waals surface area contributed by atoms with Crippen LogP contribution in [0.5, 0.6) is 0 Å². The van der Waals surface area contributed by atoms with Crippen molar-refractivity contribution in [1.82, 2.24) is 9.97 Å². The first-order valence-electron chi connectivity index (χ1n) is 6.60. The molecule has 0 atom stereocenters. The van der Waals surface area contributed by atoms with Gasteiger partial charge in [0.25, 0.3) is 0 Å². The van der Waals surface area contributed by atoms with Gasteiger partial charge in [0.2, 0.25) is 0 Å². The molecule has 0 saturated heterocycles. The lowest BCUT2D eigenvalue weighted by Crippen LogP contribution is -2.10. The summed E-state index contributed by atoms with van der Waals surface area (Å²) < 4.78 is 0. The monoisotopic (exact) mass is 222 g/mol. The van der Waals surface area contributed by atoms with Crippen LogP contribution in [0.15, 0.2) is 0 Å². The van der Waals surface area contributed by atoms with E-state index in [1.54, 1.807) is 0 Å². The van der Waals surface area contributed by atoms with Crippen LogP contribution >= 0.6 is 0 Å². The molecule has 1 aromatic heterocycles. The molecule has 0 bridgehead atoms. The Bertz CT molecular complexity index is 275. The summed E-state index contributed by atoms with van der Waals surface area (Å²) in [7, 11) is 0. The molecule has 92 valence electrons. The Balaban J connectivity index is 0.000000509. The van der Waals surface area contributed by atoms with Crippen molar-refractivity contribution < 1.29 is 0 Å². The first-order chi connectivity index (χ1) is 7.77. The van der Waals surface area contributed by atoms with Crippen molar-refractivity contribution in [2.24, 2.45) is 0 Å². The molecule has 2 heteroatoms. The average molecular weight is 222 g/mol. The van der Waals surface area contributed by atoms with Crippen molar-refractivity contribution in [3.05, 3.63) is 22.8 Å². The van der Waals surface area contributed by atoms with Crippen LogP contribution in [0, 0.1) is 13.8 Å². The highest BCUT2D eigenvalue weighted by atomic mass is 14.8. The molecule has 1 heterocycles. The molecule has 16 heavy (non-hydrogen) atoms. The number of hydrogen-bond donors (Lipinski definition) is 0. The molecule has 0 radical (unpaired) electrons. The zero-order valence-electron chi connectivity index (χ0n) is 11.7. The number of hydrogen-bond acceptors (Lipinski definition) is 2. The summed E-state index contributed by atoms with van der Waals surface area (Å²) in [6.45, 7) is 12.1. The molecule has 2 nitrogen and oxygen atoms in total. The fraction of sp³-hybridized carbons (Fsp3) is 0.714. The van der Waals surface area contributed by atoms with Crippen LogP contribution in [-0.4, -0.2) is 9.97 Å². The first-order valence-corrected chi connectivity index (χ1v) is 6.60. The Morgan fingerprint density at radius 1 is 0.688 bits per heavy atom. The van der Waals surface area contributed by atoms with Gasteiger partial charge in [-0.25, -0.2) is 0 Å². The maximum Gasteiger partial charge on any atom is 0.0622 e. The van der Waals surface area contributed by atoms with E-state index in [2.05, 4.69) is 9.97 Å². The van der Waals surface area contributed by atoms with E-state index in [9.17, 15) is 0 Å². The lowest BCUT2D eigenvalue weighted by atomic mass is 10.0. The molecule has 0 aliphatic heterocycles. The van der Waals surface area contributed by atoms with E-state index in [0.717, 1.165) is 24.2 Å². The van der Waals surface area contributed by atoms with E-state index in [1.807, 2.05) is 41.5 Å². The van der Waals surface area contributed by atoms with Gasteiger partial charge in [-0.15, -0.1) is 0 Å². The SMILES string of the molecule is CC.CC.Cc1nc2c(nc1C)CCCC2. The minimum absolute atomic E-state index is 1.09. The third-order valence-electron chi connectivity index (χ3n) is 2.54. The van der Waals surface area contributed by atoms with E-state index < -0.39 is 0 Å². The number of aryl methyl sites for hydroxylation is 4. The highest BCUT2D eigenvalue weighted by Crippen LogP contribution is 2.18. The molecule has 0 saturated carbocycles. The number of nitrogens with zero attached hydrogens (tertiary/aromatic N) is 2. The van der Waals surface area contributed by atoms with Crippen LogP contribution in [0.2, 0.25) is 0 Å². The average Bonchev–Trinajstić information content (AvgIpc) is 2.36. The second-order valence-corrected chi connectivity index (χ2v) is 3.49. The molecule has 1 aromatic rings. The van der Waals surface area contributed by atoms with Crippen molar-refractivity contribution >= 4 is 0 Å². The largest absolute Gasteiger partial charge is 0.254 e.